The predicted octanol–water partition coefficient (Wildman–Crippen LogP) is 8.34. The summed E-state index contributed by atoms with van der Waals surface area (Å²) in [7, 11) is 0. The van der Waals surface area contributed by atoms with Crippen LogP contribution in [-0.4, -0.2) is 35.8 Å². The van der Waals surface area contributed by atoms with Gasteiger partial charge in [-0.15, -0.1) is 0 Å². The van der Waals surface area contributed by atoms with Crippen molar-refractivity contribution in [1.82, 2.24) is 10.2 Å². The molecule has 6 heteroatoms. The molecular weight excluding hydrogens is 542 g/mol. The Balaban J connectivity index is 1.28. The summed E-state index contributed by atoms with van der Waals surface area (Å²) in [5.74, 6) is -0.615. The number of allylic oxidation sites excluding steroid dienone is 3. The normalized spacial score (nSPS) is 19.3. The van der Waals surface area contributed by atoms with Gasteiger partial charge in [-0.25, -0.2) is 8.78 Å². The van der Waals surface area contributed by atoms with Crippen molar-refractivity contribution in [2.24, 2.45) is 16.7 Å². The van der Waals surface area contributed by atoms with Gasteiger partial charge in [-0.05, 0) is 77.5 Å². The lowest BCUT2D eigenvalue weighted by atomic mass is 9.72. The van der Waals surface area contributed by atoms with E-state index in [0.29, 0.717) is 19.5 Å². The Morgan fingerprint density at radius 3 is 2.00 bits per heavy atom. The lowest BCUT2D eigenvalue weighted by Crippen LogP contribution is -2.42. The molecule has 232 valence electrons. The van der Waals surface area contributed by atoms with Gasteiger partial charge in [0.25, 0.3) is 0 Å². The second-order valence-corrected chi connectivity index (χ2v) is 14.3. The molecule has 2 aliphatic rings. The van der Waals surface area contributed by atoms with Crippen LogP contribution in [0.2, 0.25) is 0 Å². The van der Waals surface area contributed by atoms with Gasteiger partial charge in [-0.3, -0.25) is 9.59 Å². The SMILES string of the molecule is CC(C)(C)C1=CC(C(=O)NC2CCN(C(=O)CCCCC(c3ccc(F)cc3)c3ccc(F)cc3)C2)CC(C(C)(C)C)=C1. The molecule has 2 aromatic rings. The number of halogens is 2. The summed E-state index contributed by atoms with van der Waals surface area (Å²) in [6.45, 7) is 14.3. The molecule has 1 aliphatic heterocycles. The summed E-state index contributed by atoms with van der Waals surface area (Å²) in [4.78, 5) is 28.3. The molecule has 2 atom stereocenters. The number of likely N-dealkylation sites (tertiary alicyclic amines) is 1. The highest BCUT2D eigenvalue weighted by Gasteiger charge is 2.33. The first-order chi connectivity index (χ1) is 20.2. The van der Waals surface area contributed by atoms with E-state index < -0.39 is 0 Å². The van der Waals surface area contributed by atoms with Gasteiger partial charge in [0.05, 0.1) is 5.92 Å². The van der Waals surface area contributed by atoms with Crippen LogP contribution in [0.5, 0.6) is 0 Å². The van der Waals surface area contributed by atoms with Crippen LogP contribution in [0.1, 0.15) is 97.1 Å². The second-order valence-electron chi connectivity index (χ2n) is 14.3. The van der Waals surface area contributed by atoms with Crippen LogP contribution >= 0.6 is 0 Å². The van der Waals surface area contributed by atoms with Crippen molar-refractivity contribution in [3.05, 3.63) is 94.6 Å². The first-order valence-corrected chi connectivity index (χ1v) is 15.7. The molecule has 0 radical (unpaired) electrons. The molecule has 4 nitrogen and oxygen atoms in total. The Kier molecular flexibility index (Phi) is 10.3. The van der Waals surface area contributed by atoms with E-state index in [1.54, 1.807) is 24.3 Å². The van der Waals surface area contributed by atoms with Crippen molar-refractivity contribution >= 4 is 11.8 Å². The van der Waals surface area contributed by atoms with Gasteiger partial charge in [-0.2, -0.15) is 0 Å². The number of rotatable bonds is 9. The van der Waals surface area contributed by atoms with E-state index in [2.05, 4.69) is 59.0 Å². The van der Waals surface area contributed by atoms with E-state index in [1.807, 2.05) is 4.90 Å². The average Bonchev–Trinajstić information content (AvgIpc) is 3.42. The summed E-state index contributed by atoms with van der Waals surface area (Å²) >= 11 is 0. The fourth-order valence-corrected chi connectivity index (χ4v) is 6.08. The average molecular weight is 591 g/mol. The van der Waals surface area contributed by atoms with Gasteiger partial charge in [0.1, 0.15) is 11.6 Å². The van der Waals surface area contributed by atoms with Crippen molar-refractivity contribution in [3.8, 4) is 0 Å². The van der Waals surface area contributed by atoms with E-state index in [4.69, 9.17) is 0 Å². The third kappa shape index (κ3) is 8.87. The zero-order valence-electron chi connectivity index (χ0n) is 26.7. The molecule has 0 saturated carbocycles. The summed E-state index contributed by atoms with van der Waals surface area (Å²) in [6, 6.07) is 12.9. The molecule has 1 aliphatic carbocycles. The molecule has 1 N–H and O–H groups in total. The lowest BCUT2D eigenvalue weighted by molar-refractivity contribution is -0.131. The predicted molar refractivity (Wildman–Crippen MR) is 169 cm³/mol. The Morgan fingerprint density at radius 2 is 1.47 bits per heavy atom. The number of nitrogens with zero attached hydrogens (tertiary/aromatic N) is 1. The maximum absolute atomic E-state index is 13.5. The van der Waals surface area contributed by atoms with Gasteiger partial charge in [0, 0.05) is 31.5 Å². The van der Waals surface area contributed by atoms with Crippen molar-refractivity contribution in [2.75, 3.05) is 13.1 Å². The number of hydrogen-bond donors (Lipinski definition) is 1. The standard InChI is InChI=1S/C37H48F2N2O2/c1-36(2,3)28-21-27(22-29(23-28)37(4,5)6)35(43)40-32-19-20-41(24-32)34(42)10-8-7-9-33(25-11-15-30(38)16-12-25)26-13-17-31(39)18-14-26/h11-18,21,23,27,32-33H,7-10,19-20,22,24H2,1-6H3,(H,40,43). The molecule has 1 heterocycles. The second kappa shape index (κ2) is 13.6. The van der Waals surface area contributed by atoms with Crippen molar-refractivity contribution < 1.29 is 18.4 Å². The Morgan fingerprint density at radius 1 is 0.884 bits per heavy atom. The first-order valence-electron chi connectivity index (χ1n) is 15.7. The molecule has 1 saturated heterocycles. The van der Waals surface area contributed by atoms with E-state index >= 15 is 0 Å². The number of carbonyl (C=O) groups excluding carboxylic acids is 2. The summed E-state index contributed by atoms with van der Waals surface area (Å²) < 4.78 is 27.1. The zero-order valence-corrected chi connectivity index (χ0v) is 26.7. The molecule has 2 aromatic carbocycles. The van der Waals surface area contributed by atoms with Gasteiger partial charge in [0.2, 0.25) is 11.8 Å². The van der Waals surface area contributed by atoms with Crippen LogP contribution in [0.15, 0.2) is 71.8 Å². The third-order valence-electron chi connectivity index (χ3n) is 8.88. The molecule has 0 spiro atoms. The Hall–Kier alpha value is -3.28. The van der Waals surface area contributed by atoms with E-state index in [1.165, 1.54) is 35.4 Å². The molecule has 43 heavy (non-hydrogen) atoms. The zero-order chi connectivity index (χ0) is 31.4. The number of nitrogens with one attached hydrogen (secondary N) is 1. The van der Waals surface area contributed by atoms with Crippen LogP contribution < -0.4 is 5.32 Å². The van der Waals surface area contributed by atoms with E-state index in [9.17, 15) is 18.4 Å². The Bertz CT molecular complexity index is 1290. The highest BCUT2D eigenvalue weighted by Crippen LogP contribution is 2.40. The summed E-state index contributed by atoms with van der Waals surface area (Å²) in [5.41, 5.74) is 4.41. The largest absolute Gasteiger partial charge is 0.351 e. The van der Waals surface area contributed by atoms with Gasteiger partial charge < -0.3 is 10.2 Å². The van der Waals surface area contributed by atoms with Crippen LogP contribution in [0.25, 0.3) is 0 Å². The molecular formula is C37H48F2N2O2. The first kappa shape index (κ1) is 32.6. The summed E-state index contributed by atoms with van der Waals surface area (Å²) in [5, 5.41) is 3.25. The lowest BCUT2D eigenvalue weighted by Gasteiger charge is -2.33. The number of benzene rings is 2. The molecule has 1 fully saturated rings. The van der Waals surface area contributed by atoms with Crippen molar-refractivity contribution in [3.63, 3.8) is 0 Å². The maximum atomic E-state index is 13.5. The molecule has 0 bridgehead atoms. The van der Waals surface area contributed by atoms with Gasteiger partial charge >= 0.3 is 0 Å². The van der Waals surface area contributed by atoms with E-state index in [0.717, 1.165) is 43.2 Å². The quantitative estimate of drug-likeness (QED) is 0.299. The monoisotopic (exact) mass is 590 g/mol. The van der Waals surface area contributed by atoms with Crippen LogP contribution in [0.4, 0.5) is 8.78 Å². The minimum Gasteiger partial charge on any atom is -0.351 e. The van der Waals surface area contributed by atoms with Crippen LogP contribution in [0, 0.1) is 28.4 Å². The third-order valence-corrected chi connectivity index (χ3v) is 8.88. The van der Waals surface area contributed by atoms with Gasteiger partial charge in [-0.1, -0.05) is 90.0 Å². The van der Waals surface area contributed by atoms with Crippen LogP contribution in [0.3, 0.4) is 0 Å². The number of amides is 2. The number of unbranched alkanes of at least 4 members (excludes halogenated alkanes) is 1. The molecule has 2 amide bonds. The smallest absolute Gasteiger partial charge is 0.227 e. The number of hydrogen-bond acceptors (Lipinski definition) is 2. The van der Waals surface area contributed by atoms with Crippen molar-refractivity contribution in [2.45, 2.75) is 92.0 Å². The van der Waals surface area contributed by atoms with Crippen LogP contribution in [-0.2, 0) is 9.59 Å². The minimum atomic E-state index is -0.288. The molecule has 2 unspecified atom stereocenters. The topological polar surface area (TPSA) is 49.4 Å². The van der Waals surface area contributed by atoms with Gasteiger partial charge in [0.15, 0.2) is 0 Å². The van der Waals surface area contributed by atoms with Crippen molar-refractivity contribution in [1.29, 1.82) is 0 Å². The highest BCUT2D eigenvalue weighted by atomic mass is 19.1. The highest BCUT2D eigenvalue weighted by molar-refractivity contribution is 5.82. The minimum absolute atomic E-state index is 0.00207. The van der Waals surface area contributed by atoms with E-state index in [-0.39, 0.29) is 52.2 Å². The Labute approximate surface area is 256 Å². The number of carbonyl (C=O) groups is 2. The molecule has 4 rings (SSSR count). The fourth-order valence-electron chi connectivity index (χ4n) is 6.08. The fraction of sp³-hybridized carbons (Fsp3) is 0.514. The maximum Gasteiger partial charge on any atom is 0.227 e. The molecule has 0 aromatic heterocycles. The summed E-state index contributed by atoms with van der Waals surface area (Å²) in [6.07, 6.45) is 8.66.